The van der Waals surface area contributed by atoms with Gasteiger partial charge in [0.2, 0.25) is 5.91 Å². The van der Waals surface area contributed by atoms with Gasteiger partial charge >= 0.3 is 5.97 Å². The zero-order chi connectivity index (χ0) is 31.6. The van der Waals surface area contributed by atoms with Crippen molar-refractivity contribution in [3.63, 3.8) is 0 Å². The molecule has 0 aliphatic heterocycles. The Morgan fingerprint density at radius 1 is 0.773 bits per heavy atom. The van der Waals surface area contributed by atoms with E-state index in [1.54, 1.807) is 105 Å². The van der Waals surface area contributed by atoms with Gasteiger partial charge in [-0.2, -0.15) is 0 Å². The van der Waals surface area contributed by atoms with Crippen molar-refractivity contribution in [2.45, 2.75) is 38.8 Å². The molecule has 8 heteroatoms. The van der Waals surface area contributed by atoms with Crippen LogP contribution >= 0.6 is 0 Å². The van der Waals surface area contributed by atoms with Gasteiger partial charge in [-0.25, -0.2) is 0 Å². The van der Waals surface area contributed by atoms with Gasteiger partial charge in [0.1, 0.15) is 12.0 Å². The van der Waals surface area contributed by atoms with Crippen molar-refractivity contribution in [1.82, 2.24) is 5.32 Å². The summed E-state index contributed by atoms with van der Waals surface area (Å²) in [5, 5.41) is 23.8. The Kier molecular flexibility index (Phi) is 10.9. The molecule has 0 heterocycles. The van der Waals surface area contributed by atoms with E-state index in [2.05, 4.69) is 5.32 Å². The molecule has 0 aromatic heterocycles. The Labute approximate surface area is 256 Å². The monoisotopic (exact) mass is 593 g/mol. The van der Waals surface area contributed by atoms with Crippen LogP contribution in [0.1, 0.15) is 69.2 Å². The summed E-state index contributed by atoms with van der Waals surface area (Å²) in [6, 6.07) is 28.9. The molecule has 0 bridgehead atoms. The molecular weight excluding hydrogens is 558 g/mol. The Balaban J connectivity index is 1.53. The van der Waals surface area contributed by atoms with Gasteiger partial charge < -0.3 is 20.3 Å². The molecule has 0 radical (unpaired) electrons. The summed E-state index contributed by atoms with van der Waals surface area (Å²) in [5.41, 5.74) is 2.50. The van der Waals surface area contributed by atoms with E-state index in [1.165, 1.54) is 6.07 Å². The molecule has 2 unspecified atom stereocenters. The van der Waals surface area contributed by atoms with Crippen LogP contribution in [0.3, 0.4) is 0 Å². The fourth-order valence-electron chi connectivity index (χ4n) is 4.82. The van der Waals surface area contributed by atoms with E-state index < -0.39 is 36.5 Å². The van der Waals surface area contributed by atoms with Crippen molar-refractivity contribution < 1.29 is 34.1 Å². The molecule has 4 rings (SSSR count). The van der Waals surface area contributed by atoms with Gasteiger partial charge in [-0.05, 0) is 36.6 Å². The van der Waals surface area contributed by atoms with Gasteiger partial charge in [-0.15, -0.1) is 0 Å². The number of esters is 1. The number of amides is 1. The second kappa shape index (κ2) is 15.0. The fraction of sp³-hybridized carbons (Fsp3) is 0.222. The minimum Gasteiger partial charge on any atom is -0.426 e. The maximum Gasteiger partial charge on any atom is 0.310 e. The van der Waals surface area contributed by atoms with E-state index in [0.29, 0.717) is 27.8 Å². The number of ketones is 2. The number of carbonyl (C=O) groups is 4. The SMILES string of the molecule is CCC(=O)Oc1cccc(CC(CO)C(O)NC(=O)[C@@H](C)c2cccc(C(=O)c3ccccc3)c2)c1C(=O)c1ccccc1. The van der Waals surface area contributed by atoms with Crippen molar-refractivity contribution in [3.8, 4) is 5.75 Å². The van der Waals surface area contributed by atoms with Gasteiger partial charge in [-0.3, -0.25) is 19.2 Å². The summed E-state index contributed by atoms with van der Waals surface area (Å²) in [6.07, 6.45) is -1.36. The van der Waals surface area contributed by atoms with Gasteiger partial charge in [0.15, 0.2) is 11.6 Å². The zero-order valence-corrected chi connectivity index (χ0v) is 24.6. The van der Waals surface area contributed by atoms with E-state index in [-0.39, 0.29) is 35.7 Å². The molecule has 4 aromatic rings. The lowest BCUT2D eigenvalue weighted by Crippen LogP contribution is -2.44. The molecule has 0 saturated heterocycles. The number of carbonyl (C=O) groups excluding carboxylic acids is 4. The molecule has 1 amide bonds. The molecule has 0 spiro atoms. The second-order valence-electron chi connectivity index (χ2n) is 10.5. The lowest BCUT2D eigenvalue weighted by Gasteiger charge is -2.25. The summed E-state index contributed by atoms with van der Waals surface area (Å²) in [5.74, 6) is -3.11. The predicted octanol–water partition coefficient (Wildman–Crippen LogP) is 4.85. The Bertz CT molecular complexity index is 1620. The van der Waals surface area contributed by atoms with Crippen LogP contribution in [0.15, 0.2) is 103 Å². The minimum atomic E-state index is -1.47. The molecule has 0 saturated carbocycles. The molecule has 3 N–H and O–H groups in total. The molecular formula is C36H35NO7. The lowest BCUT2D eigenvalue weighted by molar-refractivity contribution is -0.134. The summed E-state index contributed by atoms with van der Waals surface area (Å²) in [4.78, 5) is 51.8. The van der Waals surface area contributed by atoms with Crippen LogP contribution in [-0.4, -0.2) is 46.5 Å². The fourth-order valence-corrected chi connectivity index (χ4v) is 4.82. The normalized spacial score (nSPS) is 12.9. The topological polar surface area (TPSA) is 130 Å². The van der Waals surface area contributed by atoms with Crippen LogP contribution in [0.4, 0.5) is 0 Å². The first-order chi connectivity index (χ1) is 21.2. The predicted molar refractivity (Wildman–Crippen MR) is 165 cm³/mol. The number of hydrogen-bond donors (Lipinski definition) is 3. The van der Waals surface area contributed by atoms with Crippen LogP contribution in [0, 0.1) is 5.92 Å². The summed E-state index contributed by atoms with van der Waals surface area (Å²) >= 11 is 0. The van der Waals surface area contributed by atoms with Crippen LogP contribution in [0.5, 0.6) is 5.75 Å². The quantitative estimate of drug-likeness (QED) is 0.0874. The average molecular weight is 594 g/mol. The number of aliphatic hydroxyl groups excluding tert-OH is 2. The average Bonchev–Trinajstić information content (AvgIpc) is 3.06. The molecule has 4 aromatic carbocycles. The largest absolute Gasteiger partial charge is 0.426 e. The molecule has 44 heavy (non-hydrogen) atoms. The van der Waals surface area contributed by atoms with E-state index in [0.717, 1.165) is 0 Å². The summed E-state index contributed by atoms with van der Waals surface area (Å²) in [6.45, 7) is 2.79. The Morgan fingerprint density at radius 2 is 1.36 bits per heavy atom. The van der Waals surface area contributed by atoms with Crippen LogP contribution in [0.2, 0.25) is 0 Å². The summed E-state index contributed by atoms with van der Waals surface area (Å²) < 4.78 is 5.47. The first-order valence-electron chi connectivity index (χ1n) is 14.4. The molecule has 0 fully saturated rings. The first-order valence-corrected chi connectivity index (χ1v) is 14.4. The highest BCUT2D eigenvalue weighted by Gasteiger charge is 2.28. The van der Waals surface area contributed by atoms with Crippen molar-refractivity contribution >= 4 is 23.4 Å². The highest BCUT2D eigenvalue weighted by molar-refractivity contribution is 6.12. The molecule has 226 valence electrons. The van der Waals surface area contributed by atoms with Gasteiger partial charge in [-0.1, -0.05) is 97.9 Å². The number of aliphatic hydroxyl groups is 2. The van der Waals surface area contributed by atoms with Gasteiger partial charge in [0.25, 0.3) is 0 Å². The standard InChI is InChI=1S/C36H35NO7/c1-3-31(39)44-30-19-11-17-27(32(30)34(41)25-14-8-5-9-15-25)21-29(22-38)36(43)37-35(42)23(2)26-16-10-18-28(20-26)33(40)24-12-6-4-7-13-24/h4-20,23,29,36,38,43H,3,21-22H2,1-2H3,(H,37,42)/t23-,29?,36?/m0/s1. The molecule has 3 atom stereocenters. The highest BCUT2D eigenvalue weighted by atomic mass is 16.5. The van der Waals surface area contributed by atoms with Crippen molar-refractivity contribution in [2.75, 3.05) is 6.61 Å². The third-order valence-corrected chi connectivity index (χ3v) is 7.42. The van der Waals surface area contributed by atoms with Crippen LogP contribution < -0.4 is 10.1 Å². The van der Waals surface area contributed by atoms with E-state index in [1.807, 2.05) is 6.07 Å². The first kappa shape index (κ1) is 32.0. The van der Waals surface area contributed by atoms with Crippen LogP contribution in [-0.2, 0) is 16.0 Å². The van der Waals surface area contributed by atoms with Gasteiger partial charge in [0, 0.05) is 29.0 Å². The molecule has 0 aliphatic carbocycles. The Hall–Kier alpha value is -4.92. The minimum absolute atomic E-state index is 0.00118. The number of nitrogens with one attached hydrogen (secondary N) is 1. The maximum absolute atomic E-state index is 13.6. The molecule has 0 aliphatic rings. The van der Waals surface area contributed by atoms with Crippen molar-refractivity contribution in [2.24, 2.45) is 5.92 Å². The second-order valence-corrected chi connectivity index (χ2v) is 10.5. The number of hydrogen-bond acceptors (Lipinski definition) is 7. The number of benzene rings is 4. The lowest BCUT2D eigenvalue weighted by atomic mass is 9.90. The van der Waals surface area contributed by atoms with E-state index in [4.69, 9.17) is 4.74 Å². The highest BCUT2D eigenvalue weighted by Crippen LogP contribution is 2.29. The van der Waals surface area contributed by atoms with Crippen LogP contribution in [0.25, 0.3) is 0 Å². The third-order valence-electron chi connectivity index (χ3n) is 7.42. The third kappa shape index (κ3) is 7.72. The van der Waals surface area contributed by atoms with E-state index >= 15 is 0 Å². The molecule has 8 nitrogen and oxygen atoms in total. The maximum atomic E-state index is 13.6. The summed E-state index contributed by atoms with van der Waals surface area (Å²) in [7, 11) is 0. The smallest absolute Gasteiger partial charge is 0.310 e. The number of ether oxygens (including phenoxy) is 1. The zero-order valence-electron chi connectivity index (χ0n) is 24.6. The van der Waals surface area contributed by atoms with Gasteiger partial charge in [0.05, 0.1) is 18.1 Å². The van der Waals surface area contributed by atoms with Crippen molar-refractivity contribution in [3.05, 3.63) is 137 Å². The number of rotatable bonds is 13. The Morgan fingerprint density at radius 3 is 1.98 bits per heavy atom. The van der Waals surface area contributed by atoms with Crippen molar-refractivity contribution in [1.29, 1.82) is 0 Å². The van der Waals surface area contributed by atoms with E-state index in [9.17, 15) is 29.4 Å².